The molecule has 5 aromatic heterocycles. The highest BCUT2D eigenvalue weighted by Gasteiger charge is 2.28. The molecule has 0 amide bonds. The molecule has 10 heteroatoms. The molecule has 100 heavy (non-hydrogen) atoms. The standard InChI is InChI=1S/C90H52N10/c91-53-56-19-15-22-59(47-56)62-25-18-26-65(50-62)88-94-89(74-41-39-63(60-23-16-20-57(48-60)54-92)51-82(74)99-78-37-13-9-33-72(78)84-80(99)45-43-70-68-31-7-11-35-76(68)97(86(70)84)66-27-3-1-4-28-66)96-90(95-88)75-42-40-64(61-24-17-21-58(49-61)55-93)52-83(75)100-79-38-14-10-34-73(79)85-81(100)46-44-71-69-32-8-12-36-77(69)98(87(71)85)67-29-5-2-6-30-67/h1-52H. The molecule has 19 rings (SSSR count). The van der Waals surface area contributed by atoms with Crippen molar-refractivity contribution in [1.29, 1.82) is 15.8 Å². The molecular weight excluding hydrogens is 1220 g/mol. The van der Waals surface area contributed by atoms with Gasteiger partial charge in [0.25, 0.3) is 0 Å². The number of para-hydroxylation sites is 6. The molecule has 0 saturated heterocycles. The van der Waals surface area contributed by atoms with Crippen LogP contribution in [-0.2, 0) is 0 Å². The van der Waals surface area contributed by atoms with E-state index in [2.05, 4.69) is 273 Å². The molecular formula is C90H52N10. The van der Waals surface area contributed by atoms with Gasteiger partial charge in [0.2, 0.25) is 0 Å². The summed E-state index contributed by atoms with van der Waals surface area (Å²) >= 11 is 0. The van der Waals surface area contributed by atoms with E-state index in [1.165, 1.54) is 0 Å². The van der Waals surface area contributed by atoms with Crippen molar-refractivity contribution in [2.45, 2.75) is 0 Å². The molecule has 0 N–H and O–H groups in total. The van der Waals surface area contributed by atoms with Crippen molar-refractivity contribution in [2.75, 3.05) is 0 Å². The minimum absolute atomic E-state index is 0.419. The zero-order chi connectivity index (χ0) is 66.5. The molecule has 0 spiro atoms. The summed E-state index contributed by atoms with van der Waals surface area (Å²) in [6, 6.07) is 116. The number of hydrogen-bond acceptors (Lipinski definition) is 6. The van der Waals surface area contributed by atoms with Crippen LogP contribution in [0.25, 0.3) is 178 Å². The quantitative estimate of drug-likeness (QED) is 0.134. The maximum atomic E-state index is 10.3. The highest BCUT2D eigenvalue weighted by molar-refractivity contribution is 6.28. The Hall–Kier alpha value is -14.2. The van der Waals surface area contributed by atoms with Gasteiger partial charge in [0.1, 0.15) is 0 Å². The molecule has 462 valence electrons. The lowest BCUT2D eigenvalue weighted by molar-refractivity contribution is 1.06. The fourth-order valence-corrected chi connectivity index (χ4v) is 15.3. The topological polar surface area (TPSA) is 130 Å². The number of hydrogen-bond donors (Lipinski definition) is 0. The Kier molecular flexibility index (Phi) is 13.2. The Balaban J connectivity index is 0.927. The highest BCUT2D eigenvalue weighted by Crippen LogP contribution is 2.47. The number of nitriles is 3. The second-order valence-electron chi connectivity index (χ2n) is 25.2. The summed E-state index contributed by atoms with van der Waals surface area (Å²) in [4.78, 5) is 17.1. The summed E-state index contributed by atoms with van der Waals surface area (Å²) in [5, 5.41) is 39.7. The third-order valence-corrected chi connectivity index (χ3v) is 19.7. The zero-order valence-electron chi connectivity index (χ0n) is 53.5. The monoisotopic (exact) mass is 1270 g/mol. The van der Waals surface area contributed by atoms with Crippen molar-refractivity contribution in [3.63, 3.8) is 0 Å². The van der Waals surface area contributed by atoms with Crippen LogP contribution in [0.15, 0.2) is 315 Å². The fraction of sp³-hybridized carbons (Fsp3) is 0. The van der Waals surface area contributed by atoms with E-state index < -0.39 is 0 Å². The maximum absolute atomic E-state index is 10.3. The van der Waals surface area contributed by atoms with Gasteiger partial charge in [-0.25, -0.2) is 15.0 Å². The van der Waals surface area contributed by atoms with Crippen LogP contribution in [0, 0.1) is 34.0 Å². The maximum Gasteiger partial charge on any atom is 0.166 e. The van der Waals surface area contributed by atoms with E-state index in [9.17, 15) is 15.8 Å². The number of nitrogens with zero attached hydrogens (tertiary/aromatic N) is 10. The van der Waals surface area contributed by atoms with Gasteiger partial charge in [-0.1, -0.05) is 188 Å². The number of aromatic nitrogens is 7. The average molecular weight is 1270 g/mol. The Morgan fingerprint density at radius 2 is 0.570 bits per heavy atom. The van der Waals surface area contributed by atoms with Crippen LogP contribution in [0.4, 0.5) is 0 Å². The molecule has 0 bridgehead atoms. The molecule has 0 radical (unpaired) electrons. The SMILES string of the molecule is N#Cc1cccc(-c2cccc(-c3nc(-c4ccc(-c5cccc(C#N)c5)cc4-n4c5ccccc5c5c4ccc4c6ccccc6n(-c6ccccc6)c45)nc(-c4ccc(-c5cccc(C#N)c5)cc4-n4c5ccccc5c5c4ccc4c6ccccc6n(-c6ccccc6)c45)n3)c2)c1. The number of fused-ring (bicyclic) bond motifs is 14. The van der Waals surface area contributed by atoms with Crippen molar-refractivity contribution in [3.8, 4) is 109 Å². The van der Waals surface area contributed by atoms with Crippen molar-refractivity contribution in [3.05, 3.63) is 332 Å². The summed E-state index contributed by atoms with van der Waals surface area (Å²) in [5.74, 6) is 1.27. The first kappa shape index (κ1) is 57.2. The van der Waals surface area contributed by atoms with Gasteiger partial charge in [-0.2, -0.15) is 15.8 Å². The van der Waals surface area contributed by atoms with Gasteiger partial charge in [-0.15, -0.1) is 0 Å². The third-order valence-electron chi connectivity index (χ3n) is 19.7. The summed E-state index contributed by atoms with van der Waals surface area (Å²) in [5.41, 5.74) is 21.2. The van der Waals surface area contributed by atoms with Gasteiger partial charge in [0.15, 0.2) is 17.5 Å². The van der Waals surface area contributed by atoms with E-state index in [0.29, 0.717) is 34.2 Å². The molecule has 5 heterocycles. The first-order valence-corrected chi connectivity index (χ1v) is 33.2. The fourth-order valence-electron chi connectivity index (χ4n) is 15.3. The number of benzene rings is 14. The Morgan fingerprint density at radius 3 is 0.990 bits per heavy atom. The Morgan fingerprint density at radius 1 is 0.230 bits per heavy atom. The highest BCUT2D eigenvalue weighted by atomic mass is 15.1. The van der Waals surface area contributed by atoms with E-state index >= 15 is 0 Å². The lowest BCUT2D eigenvalue weighted by Gasteiger charge is -2.18. The van der Waals surface area contributed by atoms with Crippen molar-refractivity contribution >= 4 is 87.2 Å². The second kappa shape index (κ2) is 23.0. The van der Waals surface area contributed by atoms with Gasteiger partial charge >= 0.3 is 0 Å². The van der Waals surface area contributed by atoms with Crippen LogP contribution in [-0.4, -0.2) is 33.2 Å². The second-order valence-corrected chi connectivity index (χ2v) is 25.2. The molecule has 0 aliphatic carbocycles. The van der Waals surface area contributed by atoms with Crippen LogP contribution in [0.1, 0.15) is 16.7 Å². The molecule has 0 aliphatic rings. The summed E-state index contributed by atoms with van der Waals surface area (Å²) < 4.78 is 9.52. The molecule has 14 aromatic carbocycles. The first-order valence-electron chi connectivity index (χ1n) is 33.2. The first-order chi connectivity index (χ1) is 49.5. The van der Waals surface area contributed by atoms with Crippen LogP contribution < -0.4 is 0 Å². The predicted molar refractivity (Wildman–Crippen MR) is 404 cm³/mol. The molecule has 19 aromatic rings. The molecule has 0 unspecified atom stereocenters. The normalized spacial score (nSPS) is 11.6. The smallest absolute Gasteiger partial charge is 0.166 e. The van der Waals surface area contributed by atoms with Crippen LogP contribution in [0.5, 0.6) is 0 Å². The van der Waals surface area contributed by atoms with Crippen LogP contribution in [0.2, 0.25) is 0 Å². The molecule has 0 fully saturated rings. The predicted octanol–water partition coefficient (Wildman–Crippen LogP) is 21.9. The van der Waals surface area contributed by atoms with E-state index in [4.69, 9.17) is 15.0 Å². The lowest BCUT2D eigenvalue weighted by atomic mass is 9.99. The molecule has 0 saturated carbocycles. The van der Waals surface area contributed by atoms with Gasteiger partial charge < -0.3 is 18.3 Å². The lowest BCUT2D eigenvalue weighted by Crippen LogP contribution is -2.06. The zero-order valence-corrected chi connectivity index (χ0v) is 53.5. The van der Waals surface area contributed by atoms with E-state index in [1.54, 1.807) is 0 Å². The average Bonchev–Trinajstić information content (AvgIpc) is 1.60. The molecule has 0 atom stereocenters. The minimum atomic E-state index is 0.419. The van der Waals surface area contributed by atoms with Crippen molar-refractivity contribution in [2.24, 2.45) is 0 Å². The van der Waals surface area contributed by atoms with Gasteiger partial charge in [0, 0.05) is 71.2 Å². The van der Waals surface area contributed by atoms with Crippen LogP contribution in [0.3, 0.4) is 0 Å². The van der Waals surface area contributed by atoms with Crippen molar-refractivity contribution in [1.82, 2.24) is 33.2 Å². The van der Waals surface area contributed by atoms with Gasteiger partial charge in [-0.3, -0.25) is 0 Å². The van der Waals surface area contributed by atoms with Crippen molar-refractivity contribution < 1.29 is 0 Å². The molecule has 0 aliphatic heterocycles. The van der Waals surface area contributed by atoms with Crippen LogP contribution >= 0.6 is 0 Å². The summed E-state index contributed by atoms with van der Waals surface area (Å²) in [7, 11) is 0. The van der Waals surface area contributed by atoms with E-state index in [0.717, 1.165) is 160 Å². The summed E-state index contributed by atoms with van der Waals surface area (Å²) in [6.07, 6.45) is 0. The van der Waals surface area contributed by atoms with Gasteiger partial charge in [0.05, 0.1) is 90.4 Å². The van der Waals surface area contributed by atoms with Gasteiger partial charge in [-0.05, 0) is 161 Å². The summed E-state index contributed by atoms with van der Waals surface area (Å²) in [6.45, 7) is 0. The Labute approximate surface area is 573 Å². The Bertz CT molecular complexity index is 6410. The minimum Gasteiger partial charge on any atom is -0.309 e. The van der Waals surface area contributed by atoms with E-state index in [1.807, 2.05) is 78.9 Å². The van der Waals surface area contributed by atoms with E-state index in [-0.39, 0.29) is 0 Å². The largest absolute Gasteiger partial charge is 0.309 e. The number of rotatable bonds is 10. The third kappa shape index (κ3) is 9.05. The molecule has 10 nitrogen and oxygen atoms in total.